The Balaban J connectivity index is 1.86. The molecule has 2 aliphatic heterocycles. The number of benzene rings is 1. The van der Waals surface area contributed by atoms with Gasteiger partial charge in [0.2, 0.25) is 0 Å². The summed E-state index contributed by atoms with van der Waals surface area (Å²) in [6.07, 6.45) is 3.38. The lowest BCUT2D eigenvalue weighted by Gasteiger charge is -2.35. The molecule has 0 N–H and O–H groups in total. The van der Waals surface area contributed by atoms with Gasteiger partial charge in [0, 0.05) is 24.0 Å². The maximum Gasteiger partial charge on any atom is 0.123 e. The van der Waals surface area contributed by atoms with Crippen LogP contribution >= 0.6 is 0 Å². The monoisotopic (exact) mass is 277 g/mol. The second-order valence-corrected chi connectivity index (χ2v) is 6.65. The second-order valence-electron chi connectivity index (χ2n) is 6.65. The lowest BCUT2D eigenvalue weighted by atomic mass is 9.87. The number of hydrogen-bond donors (Lipinski definition) is 0. The van der Waals surface area contributed by atoms with Crippen LogP contribution in [0.4, 0.5) is 4.39 Å². The van der Waals surface area contributed by atoms with E-state index in [-0.39, 0.29) is 11.2 Å². The van der Waals surface area contributed by atoms with E-state index in [0.717, 1.165) is 44.6 Å². The van der Waals surface area contributed by atoms with Gasteiger partial charge in [0.1, 0.15) is 5.82 Å². The maximum atomic E-state index is 13.5. The van der Waals surface area contributed by atoms with Crippen molar-refractivity contribution in [2.75, 3.05) is 19.8 Å². The summed E-state index contributed by atoms with van der Waals surface area (Å²) in [6, 6.07) is 7.95. The molecule has 3 rings (SSSR count). The summed E-state index contributed by atoms with van der Waals surface area (Å²) in [7, 11) is 0. The van der Waals surface area contributed by atoms with Crippen LogP contribution in [-0.2, 0) is 4.74 Å². The van der Waals surface area contributed by atoms with E-state index in [1.807, 2.05) is 6.07 Å². The molecule has 3 atom stereocenters. The molecule has 2 nitrogen and oxygen atoms in total. The minimum atomic E-state index is -0.129. The molecule has 0 saturated carbocycles. The first-order valence-corrected chi connectivity index (χ1v) is 7.70. The Morgan fingerprint density at radius 3 is 3.00 bits per heavy atom. The van der Waals surface area contributed by atoms with E-state index < -0.39 is 0 Å². The van der Waals surface area contributed by atoms with Crippen LogP contribution in [0.2, 0.25) is 0 Å². The van der Waals surface area contributed by atoms with E-state index in [9.17, 15) is 4.39 Å². The fraction of sp³-hybridized carbons (Fsp3) is 0.647. The largest absolute Gasteiger partial charge is 0.379 e. The van der Waals surface area contributed by atoms with Gasteiger partial charge in [-0.25, -0.2) is 4.39 Å². The molecular formula is C17H24FNO. The van der Waals surface area contributed by atoms with Crippen LogP contribution in [-0.4, -0.2) is 30.7 Å². The zero-order valence-corrected chi connectivity index (χ0v) is 12.4. The van der Waals surface area contributed by atoms with E-state index >= 15 is 0 Å². The highest BCUT2D eigenvalue weighted by Crippen LogP contribution is 2.41. The Labute approximate surface area is 120 Å². The van der Waals surface area contributed by atoms with E-state index in [1.54, 1.807) is 6.07 Å². The first-order valence-electron chi connectivity index (χ1n) is 7.70. The summed E-state index contributed by atoms with van der Waals surface area (Å²) in [5.74, 6) is -0.129. The molecule has 1 aromatic carbocycles. The smallest absolute Gasteiger partial charge is 0.123 e. The summed E-state index contributed by atoms with van der Waals surface area (Å²) in [5, 5.41) is 0. The fourth-order valence-electron chi connectivity index (χ4n) is 3.57. The predicted molar refractivity (Wildman–Crippen MR) is 78.1 cm³/mol. The first-order chi connectivity index (χ1) is 9.61. The van der Waals surface area contributed by atoms with Crippen LogP contribution < -0.4 is 0 Å². The van der Waals surface area contributed by atoms with Crippen molar-refractivity contribution in [3.63, 3.8) is 0 Å². The maximum absolute atomic E-state index is 13.5. The topological polar surface area (TPSA) is 12.5 Å². The summed E-state index contributed by atoms with van der Waals surface area (Å²) in [6.45, 7) is 7.25. The average Bonchev–Trinajstić information content (AvgIpc) is 2.73. The van der Waals surface area contributed by atoms with Crippen molar-refractivity contribution in [2.24, 2.45) is 5.41 Å². The van der Waals surface area contributed by atoms with Gasteiger partial charge in [-0.1, -0.05) is 26.0 Å². The van der Waals surface area contributed by atoms with Crippen LogP contribution in [0, 0.1) is 11.2 Å². The van der Waals surface area contributed by atoms with E-state index in [0.29, 0.717) is 12.1 Å². The molecule has 0 aliphatic carbocycles. The molecule has 1 aromatic rings. The van der Waals surface area contributed by atoms with Crippen LogP contribution in [0.25, 0.3) is 0 Å². The molecule has 2 heterocycles. The quantitative estimate of drug-likeness (QED) is 0.815. The van der Waals surface area contributed by atoms with Crippen LogP contribution in [0.15, 0.2) is 24.3 Å². The molecule has 2 fully saturated rings. The third kappa shape index (κ3) is 2.61. The second kappa shape index (κ2) is 5.45. The van der Waals surface area contributed by atoms with Gasteiger partial charge < -0.3 is 4.74 Å². The number of halogens is 1. The van der Waals surface area contributed by atoms with Crippen LogP contribution in [0.1, 0.15) is 44.7 Å². The van der Waals surface area contributed by atoms with Crippen molar-refractivity contribution in [3.05, 3.63) is 35.6 Å². The van der Waals surface area contributed by atoms with E-state index in [2.05, 4.69) is 24.8 Å². The molecule has 0 aromatic heterocycles. The van der Waals surface area contributed by atoms with Gasteiger partial charge in [-0.05, 0) is 37.0 Å². The number of rotatable bonds is 2. The van der Waals surface area contributed by atoms with E-state index in [1.165, 1.54) is 6.07 Å². The molecule has 3 heteroatoms. The minimum Gasteiger partial charge on any atom is -0.379 e. The SMILES string of the molecule is CCC1(C)COCC2CCC(c3cccc(F)c3)N2C1. The lowest BCUT2D eigenvalue weighted by molar-refractivity contribution is 0.0686. The average molecular weight is 277 g/mol. The summed E-state index contributed by atoms with van der Waals surface area (Å²) in [4.78, 5) is 2.56. The molecule has 20 heavy (non-hydrogen) atoms. The Morgan fingerprint density at radius 2 is 2.25 bits per heavy atom. The number of fused-ring (bicyclic) bond motifs is 1. The summed E-state index contributed by atoms with van der Waals surface area (Å²) < 4.78 is 19.4. The molecular weight excluding hydrogens is 253 g/mol. The zero-order chi connectivity index (χ0) is 14.2. The molecule has 0 radical (unpaired) electrons. The van der Waals surface area contributed by atoms with Gasteiger partial charge in [-0.15, -0.1) is 0 Å². The molecule has 0 amide bonds. The Morgan fingerprint density at radius 1 is 1.40 bits per heavy atom. The highest BCUT2D eigenvalue weighted by atomic mass is 19.1. The van der Waals surface area contributed by atoms with Gasteiger partial charge in [-0.3, -0.25) is 4.90 Å². The third-order valence-electron chi connectivity index (χ3n) is 5.05. The Hall–Kier alpha value is -0.930. The molecule has 2 aliphatic rings. The Bertz CT molecular complexity index is 478. The van der Waals surface area contributed by atoms with Gasteiger partial charge in [0.25, 0.3) is 0 Å². The summed E-state index contributed by atoms with van der Waals surface area (Å²) >= 11 is 0. The first kappa shape index (κ1) is 14.0. The van der Waals surface area contributed by atoms with Gasteiger partial charge >= 0.3 is 0 Å². The highest BCUT2D eigenvalue weighted by Gasteiger charge is 2.41. The van der Waals surface area contributed by atoms with Gasteiger partial charge in [-0.2, -0.15) is 0 Å². The number of ether oxygens (including phenoxy) is 1. The normalized spacial score (nSPS) is 34.8. The minimum absolute atomic E-state index is 0.129. The van der Waals surface area contributed by atoms with Crippen molar-refractivity contribution in [3.8, 4) is 0 Å². The molecule has 2 saturated heterocycles. The predicted octanol–water partition coefficient (Wildman–Crippen LogP) is 3.78. The van der Waals surface area contributed by atoms with Crippen molar-refractivity contribution >= 4 is 0 Å². The molecule has 3 unspecified atom stereocenters. The molecule has 110 valence electrons. The van der Waals surface area contributed by atoms with Crippen LogP contribution in [0.5, 0.6) is 0 Å². The Kier molecular flexibility index (Phi) is 3.83. The van der Waals surface area contributed by atoms with Gasteiger partial charge in [0.05, 0.1) is 13.2 Å². The van der Waals surface area contributed by atoms with E-state index in [4.69, 9.17) is 4.74 Å². The number of nitrogens with zero attached hydrogens (tertiary/aromatic N) is 1. The fourth-order valence-corrected chi connectivity index (χ4v) is 3.57. The molecule has 0 bridgehead atoms. The summed E-state index contributed by atoms with van der Waals surface area (Å²) in [5.41, 5.74) is 1.33. The molecule has 0 spiro atoms. The third-order valence-corrected chi connectivity index (χ3v) is 5.05. The van der Waals surface area contributed by atoms with Gasteiger partial charge in [0.15, 0.2) is 0 Å². The standard InChI is InChI=1S/C17H24FNO/c1-3-17(2)11-19-15(10-20-12-17)7-8-16(19)13-5-4-6-14(18)9-13/h4-6,9,15-16H,3,7-8,10-12H2,1-2H3. The number of hydrogen-bond acceptors (Lipinski definition) is 2. The van der Waals surface area contributed by atoms with Crippen LogP contribution in [0.3, 0.4) is 0 Å². The van der Waals surface area contributed by atoms with Crippen molar-refractivity contribution in [1.82, 2.24) is 4.90 Å². The van der Waals surface area contributed by atoms with Crippen molar-refractivity contribution < 1.29 is 9.13 Å². The highest BCUT2D eigenvalue weighted by molar-refractivity contribution is 5.22. The van der Waals surface area contributed by atoms with Crippen molar-refractivity contribution in [1.29, 1.82) is 0 Å². The zero-order valence-electron chi connectivity index (χ0n) is 12.4. The lowest BCUT2D eigenvalue weighted by Crippen LogP contribution is -2.39. The van der Waals surface area contributed by atoms with Crippen molar-refractivity contribution in [2.45, 2.75) is 45.2 Å².